The van der Waals surface area contributed by atoms with Gasteiger partial charge in [0.25, 0.3) is 0 Å². The highest BCUT2D eigenvalue weighted by atomic mass is 19.3. The van der Waals surface area contributed by atoms with Crippen molar-refractivity contribution >= 4 is 0 Å². The van der Waals surface area contributed by atoms with E-state index in [1.165, 1.54) is 0 Å². The van der Waals surface area contributed by atoms with Crippen LogP contribution in [0.25, 0.3) is 0 Å². The lowest BCUT2D eigenvalue weighted by Gasteiger charge is -2.10. The summed E-state index contributed by atoms with van der Waals surface area (Å²) in [4.78, 5) is 0. The SMILES string of the molecule is FC1(F)CCCCCC1. The first-order chi connectivity index (χ1) is 4.21. The minimum absolute atomic E-state index is 0.118. The maximum Gasteiger partial charge on any atom is 0.248 e. The summed E-state index contributed by atoms with van der Waals surface area (Å²) < 4.78 is 24.9. The molecule has 1 rings (SSSR count). The van der Waals surface area contributed by atoms with Gasteiger partial charge in [0, 0.05) is 12.8 Å². The zero-order chi connectivity index (χ0) is 6.74. The van der Waals surface area contributed by atoms with Crippen LogP contribution in [-0.2, 0) is 0 Å². The Hall–Kier alpha value is -0.140. The van der Waals surface area contributed by atoms with Gasteiger partial charge in [-0.15, -0.1) is 0 Å². The summed E-state index contributed by atoms with van der Waals surface area (Å²) in [6.07, 6.45) is 3.66. The second-order valence-corrected chi connectivity index (χ2v) is 2.77. The molecular formula is C7H12F2. The normalized spacial score (nSPS) is 27.3. The Morgan fingerprint density at radius 1 is 0.778 bits per heavy atom. The minimum Gasteiger partial charge on any atom is -0.207 e. The van der Waals surface area contributed by atoms with Crippen LogP contribution in [0.4, 0.5) is 8.78 Å². The highest BCUT2D eigenvalue weighted by Gasteiger charge is 2.28. The molecule has 1 aliphatic carbocycles. The Bertz CT molecular complexity index is 78.9. The van der Waals surface area contributed by atoms with Gasteiger partial charge in [0.15, 0.2) is 0 Å². The van der Waals surface area contributed by atoms with Gasteiger partial charge in [0.05, 0.1) is 0 Å². The van der Waals surface area contributed by atoms with Crippen molar-refractivity contribution in [3.05, 3.63) is 0 Å². The van der Waals surface area contributed by atoms with Crippen molar-refractivity contribution in [2.24, 2.45) is 0 Å². The Morgan fingerprint density at radius 3 is 1.67 bits per heavy atom. The van der Waals surface area contributed by atoms with Gasteiger partial charge in [-0.2, -0.15) is 0 Å². The number of rotatable bonds is 0. The fraction of sp³-hybridized carbons (Fsp3) is 1.00. The predicted octanol–water partition coefficient (Wildman–Crippen LogP) is 2.98. The van der Waals surface area contributed by atoms with Gasteiger partial charge in [-0.05, 0) is 12.8 Å². The molecule has 54 valence electrons. The molecule has 0 atom stereocenters. The molecule has 0 amide bonds. The Morgan fingerprint density at radius 2 is 1.22 bits per heavy atom. The van der Waals surface area contributed by atoms with Gasteiger partial charge in [0.2, 0.25) is 5.92 Å². The van der Waals surface area contributed by atoms with Gasteiger partial charge < -0.3 is 0 Å². The van der Waals surface area contributed by atoms with Crippen molar-refractivity contribution in [2.45, 2.75) is 44.4 Å². The lowest BCUT2D eigenvalue weighted by molar-refractivity contribution is -0.0138. The molecule has 0 nitrogen and oxygen atoms in total. The van der Waals surface area contributed by atoms with Crippen LogP contribution >= 0.6 is 0 Å². The van der Waals surface area contributed by atoms with Crippen molar-refractivity contribution < 1.29 is 8.78 Å². The first-order valence-electron chi connectivity index (χ1n) is 3.59. The van der Waals surface area contributed by atoms with E-state index in [0.29, 0.717) is 12.8 Å². The van der Waals surface area contributed by atoms with Crippen LogP contribution in [-0.4, -0.2) is 5.92 Å². The van der Waals surface area contributed by atoms with Crippen LogP contribution in [0, 0.1) is 0 Å². The van der Waals surface area contributed by atoms with Crippen LogP contribution < -0.4 is 0 Å². The molecule has 2 heteroatoms. The van der Waals surface area contributed by atoms with Gasteiger partial charge >= 0.3 is 0 Å². The fourth-order valence-electron chi connectivity index (χ4n) is 1.25. The first-order valence-corrected chi connectivity index (χ1v) is 3.59. The Kier molecular flexibility index (Phi) is 2.04. The smallest absolute Gasteiger partial charge is 0.207 e. The molecule has 0 aliphatic heterocycles. The van der Waals surface area contributed by atoms with Crippen molar-refractivity contribution in [2.75, 3.05) is 0 Å². The van der Waals surface area contributed by atoms with E-state index in [9.17, 15) is 8.78 Å². The van der Waals surface area contributed by atoms with Gasteiger partial charge in [-0.25, -0.2) is 8.78 Å². The van der Waals surface area contributed by atoms with Crippen molar-refractivity contribution in [1.82, 2.24) is 0 Å². The summed E-state index contributed by atoms with van der Waals surface area (Å²) in [7, 11) is 0. The third kappa shape index (κ3) is 2.29. The van der Waals surface area contributed by atoms with Crippen LogP contribution in [0.5, 0.6) is 0 Å². The van der Waals surface area contributed by atoms with Crippen LogP contribution in [0.1, 0.15) is 38.5 Å². The molecule has 0 aromatic carbocycles. The minimum atomic E-state index is -2.34. The van der Waals surface area contributed by atoms with E-state index < -0.39 is 5.92 Å². The summed E-state index contributed by atoms with van der Waals surface area (Å²) >= 11 is 0. The maximum atomic E-state index is 12.5. The standard InChI is InChI=1S/C7H12F2/c8-7(9)5-3-1-2-4-6-7/h1-6H2. The summed E-state index contributed by atoms with van der Waals surface area (Å²) in [5.41, 5.74) is 0. The van der Waals surface area contributed by atoms with Gasteiger partial charge in [-0.3, -0.25) is 0 Å². The molecule has 0 N–H and O–H groups in total. The maximum absolute atomic E-state index is 12.5. The molecule has 0 radical (unpaired) electrons. The lowest BCUT2D eigenvalue weighted by atomic mass is 10.1. The van der Waals surface area contributed by atoms with E-state index in [0.717, 1.165) is 12.8 Å². The molecule has 9 heavy (non-hydrogen) atoms. The summed E-state index contributed by atoms with van der Waals surface area (Å²) in [5.74, 6) is -2.34. The van der Waals surface area contributed by atoms with E-state index in [1.807, 2.05) is 0 Å². The third-order valence-corrected chi connectivity index (χ3v) is 1.84. The van der Waals surface area contributed by atoms with E-state index in [4.69, 9.17) is 0 Å². The molecule has 0 heterocycles. The zero-order valence-electron chi connectivity index (χ0n) is 5.50. The molecule has 0 bridgehead atoms. The third-order valence-electron chi connectivity index (χ3n) is 1.84. The van der Waals surface area contributed by atoms with Crippen molar-refractivity contribution in [1.29, 1.82) is 0 Å². The number of hydrogen-bond donors (Lipinski definition) is 0. The van der Waals surface area contributed by atoms with Crippen molar-refractivity contribution in [3.63, 3.8) is 0 Å². The zero-order valence-corrected chi connectivity index (χ0v) is 5.50. The summed E-state index contributed by atoms with van der Waals surface area (Å²) in [5, 5.41) is 0. The predicted molar refractivity (Wildman–Crippen MR) is 32.6 cm³/mol. The van der Waals surface area contributed by atoms with Crippen LogP contribution in [0.3, 0.4) is 0 Å². The molecule has 1 fully saturated rings. The lowest BCUT2D eigenvalue weighted by Crippen LogP contribution is -2.12. The average Bonchev–Trinajstić information content (AvgIpc) is 1.92. The number of alkyl halides is 2. The van der Waals surface area contributed by atoms with Crippen LogP contribution in [0.2, 0.25) is 0 Å². The monoisotopic (exact) mass is 134 g/mol. The molecule has 0 saturated heterocycles. The molecule has 0 aromatic rings. The second kappa shape index (κ2) is 2.63. The summed E-state index contributed by atoms with van der Waals surface area (Å²) in [6, 6.07) is 0. The molecule has 0 spiro atoms. The van der Waals surface area contributed by atoms with Crippen molar-refractivity contribution in [3.8, 4) is 0 Å². The molecule has 0 aromatic heterocycles. The average molecular weight is 134 g/mol. The molecular weight excluding hydrogens is 122 g/mol. The second-order valence-electron chi connectivity index (χ2n) is 2.77. The van der Waals surface area contributed by atoms with E-state index in [1.54, 1.807) is 0 Å². The van der Waals surface area contributed by atoms with E-state index in [2.05, 4.69) is 0 Å². The molecule has 0 unspecified atom stereocenters. The van der Waals surface area contributed by atoms with Gasteiger partial charge in [-0.1, -0.05) is 12.8 Å². The topological polar surface area (TPSA) is 0 Å². The Balaban J connectivity index is 2.36. The van der Waals surface area contributed by atoms with E-state index >= 15 is 0 Å². The van der Waals surface area contributed by atoms with E-state index in [-0.39, 0.29) is 12.8 Å². The highest BCUT2D eigenvalue weighted by Crippen LogP contribution is 2.31. The number of hydrogen-bond acceptors (Lipinski definition) is 0. The quantitative estimate of drug-likeness (QED) is 0.447. The van der Waals surface area contributed by atoms with Gasteiger partial charge in [0.1, 0.15) is 0 Å². The fourth-order valence-corrected chi connectivity index (χ4v) is 1.25. The summed E-state index contributed by atoms with van der Waals surface area (Å²) in [6.45, 7) is 0. The largest absolute Gasteiger partial charge is 0.248 e. The molecule has 1 saturated carbocycles. The first kappa shape index (κ1) is 6.97. The number of halogens is 2. The van der Waals surface area contributed by atoms with Crippen LogP contribution in [0.15, 0.2) is 0 Å². The molecule has 1 aliphatic rings. The highest BCUT2D eigenvalue weighted by molar-refractivity contribution is 4.69. The Labute approximate surface area is 54.3 Å².